The Hall–Kier alpha value is -3.22. The van der Waals surface area contributed by atoms with Crippen molar-refractivity contribution in [3.05, 3.63) is 59.7 Å². The number of hydrogen-bond acceptors (Lipinski definition) is 4. The molecule has 0 unspecified atom stereocenters. The van der Waals surface area contributed by atoms with Crippen LogP contribution in [0.25, 0.3) is 0 Å². The molecule has 7 nitrogen and oxygen atoms in total. The van der Waals surface area contributed by atoms with Crippen molar-refractivity contribution in [2.75, 3.05) is 38.2 Å². The summed E-state index contributed by atoms with van der Waals surface area (Å²) in [5, 5.41) is 2.53. The van der Waals surface area contributed by atoms with E-state index in [4.69, 9.17) is 10.5 Å². The van der Waals surface area contributed by atoms with E-state index in [-0.39, 0.29) is 5.91 Å². The average molecular weight is 368 g/mol. The van der Waals surface area contributed by atoms with E-state index in [0.29, 0.717) is 25.2 Å². The van der Waals surface area contributed by atoms with Crippen LogP contribution in [0, 0.1) is 0 Å². The molecule has 0 spiro atoms. The second-order valence-corrected chi connectivity index (χ2v) is 6.39. The maximum Gasteiger partial charge on any atom is 0.312 e. The number of benzene rings is 2. The van der Waals surface area contributed by atoms with E-state index in [1.807, 2.05) is 41.3 Å². The molecule has 1 saturated heterocycles. The highest BCUT2D eigenvalue weighted by Gasteiger charge is 2.22. The molecule has 0 atom stereocenters. The van der Waals surface area contributed by atoms with Crippen LogP contribution in [-0.4, -0.2) is 50.1 Å². The number of rotatable bonds is 5. The van der Waals surface area contributed by atoms with Gasteiger partial charge in [-0.05, 0) is 42.0 Å². The van der Waals surface area contributed by atoms with Crippen LogP contribution < -0.4 is 20.7 Å². The predicted molar refractivity (Wildman–Crippen MR) is 104 cm³/mol. The van der Waals surface area contributed by atoms with Crippen molar-refractivity contribution in [3.8, 4) is 5.75 Å². The zero-order valence-electron chi connectivity index (χ0n) is 15.4. The number of anilines is 1. The molecule has 0 saturated carbocycles. The molecule has 0 bridgehead atoms. The van der Waals surface area contributed by atoms with Crippen LogP contribution in [0.2, 0.25) is 0 Å². The molecule has 142 valence electrons. The smallest absolute Gasteiger partial charge is 0.312 e. The third kappa shape index (κ3) is 4.69. The molecule has 3 amide bonds. The summed E-state index contributed by atoms with van der Waals surface area (Å²) in [6.07, 6.45) is 0. The van der Waals surface area contributed by atoms with Crippen LogP contribution in [0.4, 0.5) is 10.5 Å². The molecule has 1 aliphatic heterocycles. The van der Waals surface area contributed by atoms with Gasteiger partial charge in [0.2, 0.25) is 0 Å². The number of piperazine rings is 1. The molecule has 1 fully saturated rings. The average Bonchev–Trinajstić information content (AvgIpc) is 2.72. The first kappa shape index (κ1) is 18.6. The molecule has 0 aromatic heterocycles. The van der Waals surface area contributed by atoms with Crippen LogP contribution >= 0.6 is 0 Å². The van der Waals surface area contributed by atoms with Gasteiger partial charge in [-0.2, -0.15) is 0 Å². The summed E-state index contributed by atoms with van der Waals surface area (Å²) in [6, 6.07) is 14.6. The summed E-state index contributed by atoms with van der Waals surface area (Å²) >= 11 is 0. The monoisotopic (exact) mass is 368 g/mol. The highest BCUT2D eigenvalue weighted by Crippen LogP contribution is 2.21. The lowest BCUT2D eigenvalue weighted by Crippen LogP contribution is -2.48. The lowest BCUT2D eigenvalue weighted by molar-refractivity contribution is 0.0746. The first-order valence-corrected chi connectivity index (χ1v) is 8.87. The van der Waals surface area contributed by atoms with Gasteiger partial charge in [0.25, 0.3) is 5.91 Å². The van der Waals surface area contributed by atoms with Crippen molar-refractivity contribution in [2.24, 2.45) is 5.73 Å². The lowest BCUT2D eigenvalue weighted by atomic mass is 10.1. The van der Waals surface area contributed by atoms with Gasteiger partial charge in [-0.15, -0.1) is 0 Å². The molecular weight excluding hydrogens is 344 g/mol. The number of nitrogens with two attached hydrogens (primary N) is 1. The topological polar surface area (TPSA) is 87.9 Å². The number of nitrogens with one attached hydrogen (secondary N) is 1. The lowest BCUT2D eigenvalue weighted by Gasteiger charge is -2.36. The van der Waals surface area contributed by atoms with Crippen LogP contribution in [-0.2, 0) is 6.54 Å². The van der Waals surface area contributed by atoms with Gasteiger partial charge in [-0.1, -0.05) is 12.1 Å². The largest absolute Gasteiger partial charge is 0.497 e. The summed E-state index contributed by atoms with van der Waals surface area (Å²) in [5.41, 5.74) is 7.74. The number of hydrogen-bond donors (Lipinski definition) is 2. The quantitative estimate of drug-likeness (QED) is 0.843. The van der Waals surface area contributed by atoms with E-state index in [0.717, 1.165) is 30.1 Å². The van der Waals surface area contributed by atoms with Crippen LogP contribution in [0.15, 0.2) is 48.5 Å². The van der Waals surface area contributed by atoms with Crippen molar-refractivity contribution in [2.45, 2.75) is 6.54 Å². The second-order valence-electron chi connectivity index (χ2n) is 6.39. The SMILES string of the molecule is COc1ccc(N2CCN(C(=O)c3ccc(CNC(N)=O)cc3)CC2)cc1. The predicted octanol–water partition coefficient (Wildman–Crippen LogP) is 1.83. The molecule has 0 radical (unpaired) electrons. The Morgan fingerprint density at radius 1 is 1.00 bits per heavy atom. The van der Waals surface area contributed by atoms with E-state index in [1.165, 1.54) is 0 Å². The van der Waals surface area contributed by atoms with Gasteiger partial charge >= 0.3 is 6.03 Å². The summed E-state index contributed by atoms with van der Waals surface area (Å²) in [5.74, 6) is 0.862. The van der Waals surface area contributed by atoms with E-state index >= 15 is 0 Å². The van der Waals surface area contributed by atoms with Gasteiger partial charge in [-0.3, -0.25) is 4.79 Å². The molecule has 2 aromatic carbocycles. The van der Waals surface area contributed by atoms with Crippen LogP contribution in [0.3, 0.4) is 0 Å². The zero-order valence-corrected chi connectivity index (χ0v) is 15.4. The number of urea groups is 1. The molecule has 3 rings (SSSR count). The molecule has 3 N–H and O–H groups in total. The molecule has 7 heteroatoms. The van der Waals surface area contributed by atoms with Crippen LogP contribution in [0.5, 0.6) is 5.75 Å². The standard InChI is InChI=1S/C20H24N4O3/c1-27-18-8-6-17(7-9-18)23-10-12-24(13-11-23)19(25)16-4-2-15(3-5-16)14-22-20(21)26/h2-9H,10-14H2,1H3,(H3,21,22,26). The molecule has 1 aliphatic rings. The Morgan fingerprint density at radius 3 is 2.19 bits per heavy atom. The minimum Gasteiger partial charge on any atom is -0.497 e. The second kappa shape index (κ2) is 8.44. The number of amides is 3. The Kier molecular flexibility index (Phi) is 5.80. The maximum absolute atomic E-state index is 12.7. The first-order chi connectivity index (χ1) is 13.1. The fourth-order valence-corrected chi connectivity index (χ4v) is 3.10. The third-order valence-electron chi connectivity index (χ3n) is 4.67. The first-order valence-electron chi connectivity index (χ1n) is 8.87. The number of carbonyl (C=O) groups is 2. The van der Waals surface area contributed by atoms with E-state index in [1.54, 1.807) is 19.2 Å². The molecule has 1 heterocycles. The Morgan fingerprint density at radius 2 is 1.63 bits per heavy atom. The third-order valence-corrected chi connectivity index (χ3v) is 4.67. The Bertz CT molecular complexity index is 782. The van der Waals surface area contributed by atoms with E-state index in [2.05, 4.69) is 10.2 Å². The number of primary amides is 1. The van der Waals surface area contributed by atoms with Crippen molar-refractivity contribution in [1.82, 2.24) is 10.2 Å². The maximum atomic E-state index is 12.7. The normalized spacial score (nSPS) is 14.0. The number of carbonyl (C=O) groups excluding carboxylic acids is 2. The van der Waals surface area contributed by atoms with E-state index < -0.39 is 6.03 Å². The van der Waals surface area contributed by atoms with Crippen molar-refractivity contribution < 1.29 is 14.3 Å². The minimum absolute atomic E-state index is 0.0267. The van der Waals surface area contributed by atoms with Crippen molar-refractivity contribution in [1.29, 1.82) is 0 Å². The fraction of sp³-hybridized carbons (Fsp3) is 0.300. The summed E-state index contributed by atoms with van der Waals surface area (Å²) in [6.45, 7) is 3.29. The fourth-order valence-electron chi connectivity index (χ4n) is 3.10. The molecule has 27 heavy (non-hydrogen) atoms. The Labute approximate surface area is 158 Å². The van der Waals surface area contributed by atoms with E-state index in [9.17, 15) is 9.59 Å². The van der Waals surface area contributed by atoms with Gasteiger partial charge in [0, 0.05) is 44.0 Å². The highest BCUT2D eigenvalue weighted by atomic mass is 16.5. The Balaban J connectivity index is 1.55. The van der Waals surface area contributed by atoms with Gasteiger partial charge in [-0.25, -0.2) is 4.79 Å². The number of methoxy groups -OCH3 is 1. The molecule has 0 aliphatic carbocycles. The van der Waals surface area contributed by atoms with Gasteiger partial charge in [0.05, 0.1) is 7.11 Å². The van der Waals surface area contributed by atoms with Gasteiger partial charge in [0.15, 0.2) is 0 Å². The summed E-state index contributed by atoms with van der Waals surface area (Å²) in [7, 11) is 1.65. The van der Waals surface area contributed by atoms with Gasteiger partial charge in [0.1, 0.15) is 5.75 Å². The van der Waals surface area contributed by atoms with Crippen LogP contribution in [0.1, 0.15) is 15.9 Å². The number of nitrogens with zero attached hydrogens (tertiary/aromatic N) is 2. The zero-order chi connectivity index (χ0) is 19.2. The molecular formula is C20H24N4O3. The minimum atomic E-state index is -0.565. The van der Waals surface area contributed by atoms with Crippen molar-refractivity contribution in [3.63, 3.8) is 0 Å². The summed E-state index contributed by atoms with van der Waals surface area (Å²) in [4.78, 5) is 27.6. The van der Waals surface area contributed by atoms with Crippen molar-refractivity contribution >= 4 is 17.6 Å². The highest BCUT2D eigenvalue weighted by molar-refractivity contribution is 5.94. The summed E-state index contributed by atoms with van der Waals surface area (Å²) < 4.78 is 5.19. The van der Waals surface area contributed by atoms with Gasteiger partial charge < -0.3 is 25.6 Å². The molecule has 2 aromatic rings. The number of ether oxygens (including phenoxy) is 1.